The number of hydrogen-bond acceptors (Lipinski definition) is 4. The molecule has 0 aliphatic rings. The molecule has 0 atom stereocenters. The van der Waals surface area contributed by atoms with Crippen molar-refractivity contribution in [1.82, 2.24) is 10.2 Å². The first kappa shape index (κ1) is 14.9. The van der Waals surface area contributed by atoms with Crippen LogP contribution in [0.2, 0.25) is 0 Å². The number of rotatable bonds is 6. The van der Waals surface area contributed by atoms with E-state index in [1.807, 2.05) is 12.1 Å². The van der Waals surface area contributed by atoms with Crippen LogP contribution < -0.4 is 4.74 Å². The summed E-state index contributed by atoms with van der Waals surface area (Å²) in [5.74, 6) is 1.84. The maximum absolute atomic E-state index is 5.61. The van der Waals surface area contributed by atoms with Gasteiger partial charge in [0.2, 0.25) is 5.89 Å². The molecule has 0 fully saturated rings. The summed E-state index contributed by atoms with van der Waals surface area (Å²) in [4.78, 5) is 0. The van der Waals surface area contributed by atoms with Crippen molar-refractivity contribution in [2.24, 2.45) is 0 Å². The van der Waals surface area contributed by atoms with Crippen molar-refractivity contribution < 1.29 is 9.15 Å². The monoisotopic (exact) mass is 294 g/mol. The fraction of sp³-hybridized carbons (Fsp3) is 0.467. The molecular formula is C15H19ClN2O2. The summed E-state index contributed by atoms with van der Waals surface area (Å²) in [6, 6.07) is 8.12. The second kappa shape index (κ2) is 6.27. The second-order valence-electron chi connectivity index (χ2n) is 5.27. The van der Waals surface area contributed by atoms with Crippen LogP contribution in [0.1, 0.15) is 44.5 Å². The van der Waals surface area contributed by atoms with Gasteiger partial charge in [-0.2, -0.15) is 0 Å². The zero-order valence-electron chi connectivity index (χ0n) is 12.0. The second-order valence-corrected chi connectivity index (χ2v) is 5.54. The Kier molecular flexibility index (Phi) is 4.65. The molecule has 2 aromatic rings. The molecule has 108 valence electrons. The summed E-state index contributed by atoms with van der Waals surface area (Å²) in [5.41, 5.74) is 1.48. The zero-order valence-corrected chi connectivity index (χ0v) is 12.8. The molecule has 0 aliphatic heterocycles. The fourth-order valence-electron chi connectivity index (χ4n) is 1.75. The lowest BCUT2D eigenvalue weighted by molar-refractivity contribution is 0.260. The van der Waals surface area contributed by atoms with Crippen LogP contribution in [0.3, 0.4) is 0 Å². The van der Waals surface area contributed by atoms with Gasteiger partial charge in [0.1, 0.15) is 11.6 Å². The normalized spacial score (nSPS) is 11.6. The highest BCUT2D eigenvalue weighted by molar-refractivity contribution is 6.16. The Morgan fingerprint density at radius 3 is 2.35 bits per heavy atom. The predicted octanol–water partition coefficient (Wildman–Crippen LogP) is 4.08. The summed E-state index contributed by atoms with van der Waals surface area (Å²) in [7, 11) is 0. The van der Waals surface area contributed by atoms with Gasteiger partial charge >= 0.3 is 0 Å². The molecule has 0 saturated carbocycles. The first-order valence-electron chi connectivity index (χ1n) is 6.65. The minimum Gasteiger partial charge on any atom is -0.484 e. The lowest BCUT2D eigenvalue weighted by atomic mass is 9.82. The minimum absolute atomic E-state index is 0.181. The zero-order chi connectivity index (χ0) is 14.6. The molecule has 20 heavy (non-hydrogen) atoms. The van der Waals surface area contributed by atoms with Crippen LogP contribution in [0.5, 0.6) is 5.75 Å². The third-order valence-corrected chi connectivity index (χ3v) is 3.73. The van der Waals surface area contributed by atoms with Crippen LogP contribution in [-0.2, 0) is 17.9 Å². The van der Waals surface area contributed by atoms with E-state index in [4.69, 9.17) is 20.8 Å². The van der Waals surface area contributed by atoms with Gasteiger partial charge in [-0.3, -0.25) is 0 Å². The van der Waals surface area contributed by atoms with Gasteiger partial charge < -0.3 is 9.15 Å². The van der Waals surface area contributed by atoms with Gasteiger partial charge in [0.25, 0.3) is 5.89 Å². The Morgan fingerprint density at radius 2 is 1.80 bits per heavy atom. The Morgan fingerprint density at radius 1 is 1.15 bits per heavy atom. The number of alkyl halides is 1. The molecule has 0 radical (unpaired) electrons. The lowest BCUT2D eigenvalue weighted by Crippen LogP contribution is -2.15. The van der Waals surface area contributed by atoms with E-state index in [0.29, 0.717) is 11.8 Å². The van der Waals surface area contributed by atoms with Gasteiger partial charge in [-0.05, 0) is 29.5 Å². The average Bonchev–Trinajstić information content (AvgIpc) is 2.93. The fourth-order valence-corrected chi connectivity index (χ4v) is 1.86. The van der Waals surface area contributed by atoms with Gasteiger partial charge in [0, 0.05) is 0 Å². The van der Waals surface area contributed by atoms with Crippen molar-refractivity contribution in [3.63, 3.8) is 0 Å². The highest BCUT2D eigenvalue weighted by atomic mass is 35.5. The standard InChI is InChI=1S/C15H19ClN2O2/c1-4-15(2,3)11-5-7-12(8-6-11)19-10-14-18-17-13(9-16)20-14/h5-8H,4,9-10H2,1-3H3. The number of benzene rings is 1. The molecule has 2 rings (SSSR count). The van der Waals surface area contributed by atoms with Gasteiger partial charge in [0.05, 0.1) is 0 Å². The Bertz CT molecular complexity index is 549. The van der Waals surface area contributed by atoms with E-state index in [0.717, 1.165) is 12.2 Å². The van der Waals surface area contributed by atoms with E-state index in [1.54, 1.807) is 0 Å². The number of nitrogens with zero attached hydrogens (tertiary/aromatic N) is 2. The number of hydrogen-bond donors (Lipinski definition) is 0. The molecule has 0 amide bonds. The van der Waals surface area contributed by atoms with Gasteiger partial charge in [-0.15, -0.1) is 21.8 Å². The molecule has 1 heterocycles. The van der Waals surface area contributed by atoms with Crippen LogP contribution in [0.25, 0.3) is 0 Å². The number of ether oxygens (including phenoxy) is 1. The van der Waals surface area contributed by atoms with Crippen LogP contribution in [0.15, 0.2) is 28.7 Å². The highest BCUT2D eigenvalue weighted by Gasteiger charge is 2.17. The predicted molar refractivity (Wildman–Crippen MR) is 77.9 cm³/mol. The molecule has 5 heteroatoms. The summed E-state index contributed by atoms with van der Waals surface area (Å²) in [6.45, 7) is 6.90. The van der Waals surface area contributed by atoms with E-state index < -0.39 is 0 Å². The first-order chi connectivity index (χ1) is 9.55. The Balaban J connectivity index is 1.97. The largest absolute Gasteiger partial charge is 0.484 e. The lowest BCUT2D eigenvalue weighted by Gasteiger charge is -2.23. The Hall–Kier alpha value is -1.55. The summed E-state index contributed by atoms with van der Waals surface area (Å²) in [6.07, 6.45) is 1.09. The Labute approximate surface area is 124 Å². The van der Waals surface area contributed by atoms with E-state index >= 15 is 0 Å². The molecule has 4 nitrogen and oxygen atoms in total. The van der Waals surface area contributed by atoms with Crippen molar-refractivity contribution in [2.45, 2.75) is 45.1 Å². The molecule has 0 bridgehead atoms. The summed E-state index contributed by atoms with van der Waals surface area (Å²) in [5, 5.41) is 7.62. The van der Waals surface area contributed by atoms with E-state index in [2.05, 4.69) is 43.1 Å². The van der Waals surface area contributed by atoms with Gasteiger partial charge in [-0.25, -0.2) is 0 Å². The SMILES string of the molecule is CCC(C)(C)c1ccc(OCc2nnc(CCl)o2)cc1. The maximum atomic E-state index is 5.61. The molecular weight excluding hydrogens is 276 g/mol. The van der Waals surface area contributed by atoms with Crippen molar-refractivity contribution in [3.05, 3.63) is 41.6 Å². The van der Waals surface area contributed by atoms with Gasteiger partial charge in [0.15, 0.2) is 6.61 Å². The topological polar surface area (TPSA) is 48.2 Å². The third kappa shape index (κ3) is 3.51. The molecule has 0 N–H and O–H groups in total. The van der Waals surface area contributed by atoms with Crippen LogP contribution in [0, 0.1) is 0 Å². The van der Waals surface area contributed by atoms with Crippen molar-refractivity contribution >= 4 is 11.6 Å². The van der Waals surface area contributed by atoms with Crippen molar-refractivity contribution in [3.8, 4) is 5.75 Å². The molecule has 0 spiro atoms. The van der Waals surface area contributed by atoms with Crippen molar-refractivity contribution in [1.29, 1.82) is 0 Å². The average molecular weight is 295 g/mol. The highest BCUT2D eigenvalue weighted by Crippen LogP contribution is 2.28. The van der Waals surface area contributed by atoms with Crippen LogP contribution in [-0.4, -0.2) is 10.2 Å². The van der Waals surface area contributed by atoms with E-state index in [1.165, 1.54) is 5.56 Å². The number of aromatic nitrogens is 2. The summed E-state index contributed by atoms with van der Waals surface area (Å²) < 4.78 is 10.9. The molecule has 0 aliphatic carbocycles. The number of halogens is 1. The minimum atomic E-state index is 0.181. The maximum Gasteiger partial charge on any atom is 0.253 e. The molecule has 0 unspecified atom stereocenters. The quantitative estimate of drug-likeness (QED) is 0.753. The first-order valence-corrected chi connectivity index (χ1v) is 7.19. The van der Waals surface area contributed by atoms with Crippen LogP contribution in [0.4, 0.5) is 0 Å². The van der Waals surface area contributed by atoms with E-state index in [-0.39, 0.29) is 17.9 Å². The molecule has 1 aromatic heterocycles. The van der Waals surface area contributed by atoms with Gasteiger partial charge in [-0.1, -0.05) is 32.9 Å². The molecule has 1 aromatic carbocycles. The third-order valence-electron chi connectivity index (χ3n) is 3.50. The molecule has 0 saturated heterocycles. The summed E-state index contributed by atoms with van der Waals surface area (Å²) >= 11 is 5.59. The smallest absolute Gasteiger partial charge is 0.253 e. The van der Waals surface area contributed by atoms with E-state index in [9.17, 15) is 0 Å². The van der Waals surface area contributed by atoms with Crippen LogP contribution >= 0.6 is 11.6 Å². The van der Waals surface area contributed by atoms with Crippen molar-refractivity contribution in [2.75, 3.05) is 0 Å².